The Labute approximate surface area is 225 Å². The number of benzene rings is 3. The molecule has 1 atom stereocenters. The van der Waals surface area contributed by atoms with Crippen LogP contribution in [0.15, 0.2) is 66.7 Å². The Morgan fingerprint density at radius 1 is 0.947 bits per heavy atom. The number of ketones is 1. The van der Waals surface area contributed by atoms with Gasteiger partial charge in [0.1, 0.15) is 11.5 Å². The molecule has 0 radical (unpaired) electrons. The van der Waals surface area contributed by atoms with Gasteiger partial charge in [-0.25, -0.2) is 0 Å². The first-order valence-corrected chi connectivity index (χ1v) is 13.5. The standard InChI is InChI=1S/C32H36N2O4/c1-37-25-12-14-30(38-2)29(21-25)33-32(36)28-10-6-9-27-26(28)13-11-24(31(27)35)17-20-34-18-15-23(16-19-34)22-7-4-3-5-8-22/h3-10,12,14,21,23-24H,11,13,15-20H2,1-2H3,(H,33,36). The van der Waals surface area contributed by atoms with E-state index >= 15 is 0 Å². The fourth-order valence-corrected chi connectivity index (χ4v) is 5.90. The van der Waals surface area contributed by atoms with Gasteiger partial charge in [0.05, 0.1) is 19.9 Å². The monoisotopic (exact) mass is 512 g/mol. The van der Waals surface area contributed by atoms with Gasteiger partial charge in [-0.05, 0) is 87.0 Å². The van der Waals surface area contributed by atoms with Crippen LogP contribution in [0.2, 0.25) is 0 Å². The minimum absolute atomic E-state index is 0.00568. The molecule has 1 N–H and O–H groups in total. The second-order valence-corrected chi connectivity index (χ2v) is 10.3. The molecular formula is C32H36N2O4. The van der Waals surface area contributed by atoms with Crippen molar-refractivity contribution in [1.82, 2.24) is 4.90 Å². The number of anilines is 1. The summed E-state index contributed by atoms with van der Waals surface area (Å²) in [5.74, 6) is 1.73. The lowest BCUT2D eigenvalue weighted by Crippen LogP contribution is -2.36. The molecule has 6 heteroatoms. The van der Waals surface area contributed by atoms with Gasteiger partial charge in [0, 0.05) is 23.1 Å². The number of nitrogens with zero attached hydrogens (tertiary/aromatic N) is 1. The molecule has 5 rings (SSSR count). The number of hydrogen-bond acceptors (Lipinski definition) is 5. The maximum atomic E-state index is 13.5. The zero-order valence-electron chi connectivity index (χ0n) is 22.2. The van der Waals surface area contributed by atoms with Crippen molar-refractivity contribution in [3.05, 3.63) is 89.0 Å². The molecule has 1 amide bonds. The lowest BCUT2D eigenvalue weighted by molar-refractivity contribution is 0.0877. The highest BCUT2D eigenvalue weighted by molar-refractivity contribution is 6.09. The van der Waals surface area contributed by atoms with Gasteiger partial charge in [-0.3, -0.25) is 9.59 Å². The van der Waals surface area contributed by atoms with Crippen LogP contribution in [0, 0.1) is 5.92 Å². The van der Waals surface area contributed by atoms with E-state index in [0.717, 1.165) is 44.5 Å². The molecule has 2 aliphatic rings. The topological polar surface area (TPSA) is 67.9 Å². The molecule has 0 saturated carbocycles. The molecule has 3 aromatic rings. The number of carbonyl (C=O) groups is 2. The first-order chi connectivity index (χ1) is 18.6. The van der Waals surface area contributed by atoms with Gasteiger partial charge < -0.3 is 19.7 Å². The maximum Gasteiger partial charge on any atom is 0.256 e. The second-order valence-electron chi connectivity index (χ2n) is 10.3. The lowest BCUT2D eigenvalue weighted by Gasteiger charge is -2.33. The van der Waals surface area contributed by atoms with Gasteiger partial charge in [0.15, 0.2) is 5.78 Å². The number of likely N-dealkylation sites (tertiary alicyclic amines) is 1. The van der Waals surface area contributed by atoms with Crippen molar-refractivity contribution in [1.29, 1.82) is 0 Å². The number of amides is 1. The van der Waals surface area contributed by atoms with E-state index in [2.05, 4.69) is 40.5 Å². The number of rotatable bonds is 8. The summed E-state index contributed by atoms with van der Waals surface area (Å²) in [4.78, 5) is 29.2. The first-order valence-electron chi connectivity index (χ1n) is 13.5. The number of piperidine rings is 1. The molecule has 1 aliphatic heterocycles. The Kier molecular flexibility index (Phi) is 8.08. The fourth-order valence-electron chi connectivity index (χ4n) is 5.90. The van der Waals surface area contributed by atoms with Crippen molar-refractivity contribution < 1.29 is 19.1 Å². The first kappa shape index (κ1) is 26.0. The summed E-state index contributed by atoms with van der Waals surface area (Å²) in [6.45, 7) is 3.10. The van der Waals surface area contributed by atoms with Crippen molar-refractivity contribution in [3.8, 4) is 11.5 Å². The highest BCUT2D eigenvalue weighted by atomic mass is 16.5. The summed E-state index contributed by atoms with van der Waals surface area (Å²) < 4.78 is 10.7. The second kappa shape index (κ2) is 11.8. The number of Topliss-reactive ketones (excluding diaryl/α,β-unsaturated/α-hetero) is 1. The molecule has 1 heterocycles. The van der Waals surface area contributed by atoms with Crippen LogP contribution in [-0.4, -0.2) is 50.4 Å². The number of ether oxygens (including phenoxy) is 2. The molecule has 0 aromatic heterocycles. The number of carbonyl (C=O) groups excluding carboxylic acids is 2. The van der Waals surface area contributed by atoms with E-state index in [1.54, 1.807) is 38.5 Å². The summed E-state index contributed by atoms with van der Waals surface area (Å²) in [5.41, 5.74) is 4.05. The molecule has 3 aromatic carbocycles. The molecule has 198 valence electrons. The van der Waals surface area contributed by atoms with Gasteiger partial charge in [0.2, 0.25) is 0 Å². The highest BCUT2D eigenvalue weighted by Crippen LogP contribution is 2.33. The van der Waals surface area contributed by atoms with Crippen LogP contribution >= 0.6 is 0 Å². The molecule has 1 aliphatic carbocycles. The van der Waals surface area contributed by atoms with Crippen molar-refractivity contribution in [2.24, 2.45) is 5.92 Å². The molecule has 38 heavy (non-hydrogen) atoms. The summed E-state index contributed by atoms with van der Waals surface area (Å²) in [6, 6.07) is 21.5. The summed E-state index contributed by atoms with van der Waals surface area (Å²) >= 11 is 0. The Hall–Kier alpha value is -3.64. The van der Waals surface area contributed by atoms with Crippen LogP contribution in [0.5, 0.6) is 11.5 Å². The van der Waals surface area contributed by atoms with Crippen LogP contribution in [0.1, 0.15) is 63.4 Å². The zero-order chi connectivity index (χ0) is 26.5. The molecule has 0 bridgehead atoms. The van der Waals surface area contributed by atoms with E-state index in [-0.39, 0.29) is 17.6 Å². The molecule has 1 saturated heterocycles. The molecule has 6 nitrogen and oxygen atoms in total. The normalized spacial score (nSPS) is 18.1. The van der Waals surface area contributed by atoms with Gasteiger partial charge >= 0.3 is 0 Å². The maximum absolute atomic E-state index is 13.5. The zero-order valence-corrected chi connectivity index (χ0v) is 22.2. The Balaban J connectivity index is 1.21. The van der Waals surface area contributed by atoms with Crippen molar-refractivity contribution in [2.45, 2.75) is 38.0 Å². The van der Waals surface area contributed by atoms with Crippen LogP contribution < -0.4 is 14.8 Å². The van der Waals surface area contributed by atoms with Gasteiger partial charge in [0.25, 0.3) is 5.91 Å². The Morgan fingerprint density at radius 3 is 2.47 bits per heavy atom. The van der Waals surface area contributed by atoms with Crippen LogP contribution in [0.3, 0.4) is 0 Å². The van der Waals surface area contributed by atoms with Gasteiger partial charge in [-0.2, -0.15) is 0 Å². The SMILES string of the molecule is COc1ccc(OC)c(NC(=O)c2cccc3c2CCC(CCN2CCC(c4ccccc4)CC2)C3=O)c1. The molecular weight excluding hydrogens is 476 g/mol. The summed E-state index contributed by atoms with van der Waals surface area (Å²) in [5, 5.41) is 2.95. The van der Waals surface area contributed by atoms with Crippen LogP contribution in [0.4, 0.5) is 5.69 Å². The average Bonchev–Trinajstić information content (AvgIpc) is 2.97. The average molecular weight is 513 g/mol. The van der Waals surface area contributed by atoms with Crippen molar-refractivity contribution in [3.63, 3.8) is 0 Å². The Bertz CT molecular complexity index is 1280. The van der Waals surface area contributed by atoms with E-state index < -0.39 is 0 Å². The van der Waals surface area contributed by atoms with E-state index in [9.17, 15) is 9.59 Å². The smallest absolute Gasteiger partial charge is 0.256 e. The summed E-state index contributed by atoms with van der Waals surface area (Å²) in [6.07, 6.45) is 4.70. The van der Waals surface area contributed by atoms with Crippen molar-refractivity contribution in [2.75, 3.05) is 39.2 Å². The third-order valence-electron chi connectivity index (χ3n) is 8.11. The fraction of sp³-hybridized carbons (Fsp3) is 0.375. The van der Waals surface area contributed by atoms with Gasteiger partial charge in [-0.1, -0.05) is 42.5 Å². The number of fused-ring (bicyclic) bond motifs is 1. The Morgan fingerprint density at radius 2 is 1.74 bits per heavy atom. The quantitative estimate of drug-likeness (QED) is 0.403. The minimum Gasteiger partial charge on any atom is -0.497 e. The number of hydrogen-bond donors (Lipinski definition) is 1. The largest absolute Gasteiger partial charge is 0.497 e. The summed E-state index contributed by atoms with van der Waals surface area (Å²) in [7, 11) is 3.14. The lowest BCUT2D eigenvalue weighted by atomic mass is 9.79. The predicted octanol–water partition coefficient (Wildman–Crippen LogP) is 5.97. The molecule has 0 spiro atoms. The van der Waals surface area contributed by atoms with E-state index in [1.165, 1.54) is 18.4 Å². The van der Waals surface area contributed by atoms with Gasteiger partial charge in [-0.15, -0.1) is 0 Å². The van der Waals surface area contributed by atoms with Crippen LogP contribution in [-0.2, 0) is 6.42 Å². The van der Waals surface area contributed by atoms with E-state index in [4.69, 9.17) is 9.47 Å². The predicted molar refractivity (Wildman–Crippen MR) is 150 cm³/mol. The molecule has 1 unspecified atom stereocenters. The van der Waals surface area contributed by atoms with E-state index in [0.29, 0.717) is 34.2 Å². The van der Waals surface area contributed by atoms with E-state index in [1.807, 2.05) is 12.1 Å². The molecule has 1 fully saturated rings. The highest BCUT2D eigenvalue weighted by Gasteiger charge is 2.31. The third-order valence-corrected chi connectivity index (χ3v) is 8.11. The van der Waals surface area contributed by atoms with Crippen molar-refractivity contribution >= 4 is 17.4 Å². The minimum atomic E-state index is -0.249. The number of nitrogens with one attached hydrogen (secondary N) is 1. The van der Waals surface area contributed by atoms with Crippen LogP contribution in [0.25, 0.3) is 0 Å². The third kappa shape index (κ3) is 5.60. The number of methoxy groups -OCH3 is 2.